The number of nitrogens with zero attached hydrogens (tertiary/aromatic N) is 3. The maximum atomic E-state index is 13.3. The summed E-state index contributed by atoms with van der Waals surface area (Å²) in [6.07, 6.45) is 1.57. The minimum absolute atomic E-state index is 0.0302. The van der Waals surface area contributed by atoms with E-state index in [1.807, 2.05) is 32.0 Å². The lowest BCUT2D eigenvalue weighted by Gasteiger charge is -2.14. The molecule has 1 N–H and O–H groups in total. The molecule has 0 saturated carbocycles. The fourth-order valence-electron chi connectivity index (χ4n) is 3.60. The van der Waals surface area contributed by atoms with Gasteiger partial charge in [0.25, 0.3) is 11.5 Å². The first-order chi connectivity index (χ1) is 18.2. The number of aromatic nitrogens is 2. The van der Waals surface area contributed by atoms with Crippen LogP contribution in [-0.4, -0.2) is 35.5 Å². The number of carbonyl (C=O) groups excluding carboxylic acids is 1. The Morgan fingerprint density at radius 3 is 2.63 bits per heavy atom. The number of nitrogens with one attached hydrogen (secondary N) is 1. The average molecular weight is 710 g/mol. The highest BCUT2D eigenvalue weighted by atomic mass is 127. The van der Waals surface area contributed by atoms with Crippen LogP contribution in [0, 0.1) is 3.57 Å². The third-order valence-corrected chi connectivity index (χ3v) is 6.95. The minimum Gasteiger partial charge on any atom is -0.493 e. The monoisotopic (exact) mass is 708 g/mol. The molecular weight excluding hydrogens is 687 g/mol. The Morgan fingerprint density at radius 2 is 1.95 bits per heavy atom. The van der Waals surface area contributed by atoms with E-state index < -0.39 is 0 Å². The Labute approximate surface area is 246 Å². The molecule has 0 radical (unpaired) electrons. The molecule has 4 aromatic rings. The van der Waals surface area contributed by atoms with Gasteiger partial charge in [0.05, 0.1) is 27.8 Å². The molecule has 0 aliphatic heterocycles. The fraction of sp³-hybridized carbons (Fsp3) is 0.185. The molecule has 0 fully saturated rings. The van der Waals surface area contributed by atoms with Gasteiger partial charge in [-0.15, -0.1) is 0 Å². The normalized spacial score (nSPS) is 11.3. The van der Waals surface area contributed by atoms with Gasteiger partial charge in [0, 0.05) is 21.1 Å². The molecule has 0 saturated heterocycles. The van der Waals surface area contributed by atoms with Gasteiger partial charge in [-0.05, 0) is 82.8 Å². The van der Waals surface area contributed by atoms with Crippen molar-refractivity contribution in [2.45, 2.75) is 19.8 Å². The van der Waals surface area contributed by atoms with E-state index in [1.54, 1.807) is 42.6 Å². The molecule has 4 rings (SSSR count). The van der Waals surface area contributed by atoms with E-state index in [9.17, 15) is 9.59 Å². The third kappa shape index (κ3) is 6.54. The quantitative estimate of drug-likeness (QED) is 0.168. The largest absolute Gasteiger partial charge is 0.493 e. The van der Waals surface area contributed by atoms with Crippen molar-refractivity contribution in [2.24, 2.45) is 5.10 Å². The molecule has 0 bridgehead atoms. The summed E-state index contributed by atoms with van der Waals surface area (Å²) in [6, 6.07) is 15.7. The maximum absolute atomic E-state index is 13.3. The molecule has 3 aromatic carbocycles. The molecular formula is C27H23BrClIN4O4. The van der Waals surface area contributed by atoms with E-state index in [2.05, 4.69) is 53.9 Å². The van der Waals surface area contributed by atoms with E-state index in [4.69, 9.17) is 21.1 Å². The first-order valence-electron chi connectivity index (χ1n) is 11.5. The number of anilines is 1. The smallest absolute Gasteiger partial charge is 0.282 e. The average Bonchev–Trinajstić information content (AvgIpc) is 2.88. The van der Waals surface area contributed by atoms with Gasteiger partial charge in [-0.1, -0.05) is 41.4 Å². The van der Waals surface area contributed by atoms with Crippen molar-refractivity contribution in [1.29, 1.82) is 0 Å². The second-order valence-corrected chi connectivity index (χ2v) is 11.0. The molecule has 0 spiro atoms. The fourth-order valence-corrected chi connectivity index (χ4v) is 4.87. The molecule has 0 atom stereocenters. The summed E-state index contributed by atoms with van der Waals surface area (Å²) in [5.74, 6) is 1.04. The first-order valence-corrected chi connectivity index (χ1v) is 13.7. The molecule has 1 heterocycles. The molecule has 1 aromatic heterocycles. The van der Waals surface area contributed by atoms with E-state index in [0.29, 0.717) is 48.1 Å². The summed E-state index contributed by atoms with van der Waals surface area (Å²) in [4.78, 5) is 30.3. The highest BCUT2D eigenvalue weighted by Crippen LogP contribution is 2.33. The predicted octanol–water partition coefficient (Wildman–Crippen LogP) is 6.45. The number of ether oxygens (including phenoxy) is 2. The standard InChI is InChI=1S/C27H23BrClIN4O4/c1-15(2)26-33-22-9-4-17(28)12-20(22)27(36)34(26)31-13-16-10-21(30)25(23(11-16)37-3)38-14-24(35)32-19-7-5-18(29)6-8-19/h4-13,15H,14H2,1-3H3,(H,32,35). The molecule has 0 unspecified atom stereocenters. The first kappa shape index (κ1) is 28.1. The van der Waals surface area contributed by atoms with Gasteiger partial charge >= 0.3 is 0 Å². The van der Waals surface area contributed by atoms with Crippen molar-refractivity contribution >= 4 is 78.8 Å². The topological polar surface area (TPSA) is 94.8 Å². The van der Waals surface area contributed by atoms with Crippen molar-refractivity contribution in [1.82, 2.24) is 9.66 Å². The zero-order valence-corrected chi connectivity index (χ0v) is 25.2. The van der Waals surface area contributed by atoms with Crippen LogP contribution in [0.1, 0.15) is 31.2 Å². The molecule has 8 nitrogen and oxygen atoms in total. The van der Waals surface area contributed by atoms with Crippen LogP contribution in [0.25, 0.3) is 10.9 Å². The van der Waals surface area contributed by atoms with E-state index in [1.165, 1.54) is 11.8 Å². The van der Waals surface area contributed by atoms with Crippen molar-refractivity contribution < 1.29 is 14.3 Å². The number of carbonyl (C=O) groups is 1. The van der Waals surface area contributed by atoms with Crippen molar-refractivity contribution in [2.75, 3.05) is 19.0 Å². The number of amides is 1. The Morgan fingerprint density at radius 1 is 1.21 bits per heavy atom. The Balaban J connectivity index is 1.58. The second kappa shape index (κ2) is 12.3. The lowest BCUT2D eigenvalue weighted by Crippen LogP contribution is -2.23. The van der Waals surface area contributed by atoms with Crippen LogP contribution in [0.5, 0.6) is 11.5 Å². The molecule has 38 heavy (non-hydrogen) atoms. The van der Waals surface area contributed by atoms with Gasteiger partial charge in [-0.3, -0.25) is 9.59 Å². The van der Waals surface area contributed by atoms with Gasteiger partial charge < -0.3 is 14.8 Å². The van der Waals surface area contributed by atoms with Gasteiger partial charge in [0.1, 0.15) is 5.82 Å². The Kier molecular flexibility index (Phi) is 9.06. The summed E-state index contributed by atoms with van der Waals surface area (Å²) >= 11 is 11.4. The highest BCUT2D eigenvalue weighted by Gasteiger charge is 2.16. The number of benzene rings is 3. The number of fused-ring (bicyclic) bond motifs is 1. The van der Waals surface area contributed by atoms with Crippen molar-refractivity contribution in [3.05, 3.63) is 89.4 Å². The van der Waals surface area contributed by atoms with Crippen LogP contribution in [0.2, 0.25) is 5.02 Å². The van der Waals surface area contributed by atoms with Crippen LogP contribution in [0.4, 0.5) is 5.69 Å². The molecule has 11 heteroatoms. The number of rotatable bonds is 8. The van der Waals surface area contributed by atoms with Crippen molar-refractivity contribution in [3.63, 3.8) is 0 Å². The van der Waals surface area contributed by atoms with Crippen LogP contribution in [0.3, 0.4) is 0 Å². The van der Waals surface area contributed by atoms with Crippen LogP contribution < -0.4 is 20.3 Å². The number of halogens is 3. The summed E-state index contributed by atoms with van der Waals surface area (Å²) in [5.41, 5.74) is 1.65. The van der Waals surface area contributed by atoms with Crippen LogP contribution in [0.15, 0.2) is 69.0 Å². The third-order valence-electron chi connectivity index (χ3n) is 5.40. The zero-order valence-electron chi connectivity index (χ0n) is 20.7. The summed E-state index contributed by atoms with van der Waals surface area (Å²) in [5, 5.41) is 8.28. The van der Waals surface area contributed by atoms with E-state index in [-0.39, 0.29) is 24.0 Å². The SMILES string of the molecule is COc1cc(C=Nn2c(C(C)C)nc3ccc(Br)cc3c2=O)cc(I)c1OCC(=O)Nc1ccc(Cl)cc1. The zero-order chi connectivity index (χ0) is 27.4. The highest BCUT2D eigenvalue weighted by molar-refractivity contribution is 14.1. The Bertz CT molecular complexity index is 1590. The Hall–Kier alpha value is -2.96. The molecule has 196 valence electrons. The van der Waals surface area contributed by atoms with Gasteiger partial charge in [0.15, 0.2) is 18.1 Å². The lowest BCUT2D eigenvalue weighted by atomic mass is 10.2. The number of hydrogen-bond donors (Lipinski definition) is 1. The van der Waals surface area contributed by atoms with Gasteiger partial charge in [-0.25, -0.2) is 4.98 Å². The van der Waals surface area contributed by atoms with Gasteiger partial charge in [-0.2, -0.15) is 9.78 Å². The van der Waals surface area contributed by atoms with Crippen LogP contribution >= 0.6 is 50.1 Å². The lowest BCUT2D eigenvalue weighted by molar-refractivity contribution is -0.118. The molecule has 1 amide bonds. The predicted molar refractivity (Wildman–Crippen MR) is 162 cm³/mol. The van der Waals surface area contributed by atoms with Crippen LogP contribution in [-0.2, 0) is 4.79 Å². The summed E-state index contributed by atoms with van der Waals surface area (Å²) in [6.45, 7) is 3.70. The maximum Gasteiger partial charge on any atom is 0.282 e. The summed E-state index contributed by atoms with van der Waals surface area (Å²) < 4.78 is 14.1. The number of methoxy groups -OCH3 is 1. The van der Waals surface area contributed by atoms with E-state index >= 15 is 0 Å². The van der Waals surface area contributed by atoms with Crippen molar-refractivity contribution in [3.8, 4) is 11.5 Å². The van der Waals surface area contributed by atoms with E-state index in [0.717, 1.165) is 4.47 Å². The van der Waals surface area contributed by atoms with Gasteiger partial charge in [0.2, 0.25) is 0 Å². The minimum atomic E-state index is -0.327. The second-order valence-electron chi connectivity index (χ2n) is 8.53. The molecule has 0 aliphatic carbocycles. The molecule has 0 aliphatic rings. The number of hydrogen-bond acceptors (Lipinski definition) is 6. The summed E-state index contributed by atoms with van der Waals surface area (Å²) in [7, 11) is 1.51.